The molecule has 0 aliphatic carbocycles. The lowest BCUT2D eigenvalue weighted by molar-refractivity contribution is -0.121. The first-order valence-corrected chi connectivity index (χ1v) is 8.62. The van der Waals surface area contributed by atoms with Gasteiger partial charge in [0.05, 0.1) is 6.61 Å². The van der Waals surface area contributed by atoms with Gasteiger partial charge in [0, 0.05) is 19.3 Å². The minimum atomic E-state index is -0.499. The van der Waals surface area contributed by atoms with Gasteiger partial charge in [-0.25, -0.2) is 4.79 Å². The van der Waals surface area contributed by atoms with E-state index in [-0.39, 0.29) is 18.1 Å². The summed E-state index contributed by atoms with van der Waals surface area (Å²) in [4.78, 5) is 36.2. The average molecular weight is 372 g/mol. The monoisotopic (exact) mass is 372 g/mol. The van der Waals surface area contributed by atoms with Crippen molar-refractivity contribution in [2.75, 3.05) is 19.0 Å². The van der Waals surface area contributed by atoms with Crippen LogP contribution < -0.4 is 26.2 Å². The fourth-order valence-electron chi connectivity index (χ4n) is 2.46. The van der Waals surface area contributed by atoms with E-state index in [1.54, 1.807) is 13.0 Å². The summed E-state index contributed by atoms with van der Waals surface area (Å²) in [5.74, 6) is 0.434. The Bertz CT molecular complexity index is 876. The number of rotatable bonds is 7. The van der Waals surface area contributed by atoms with Gasteiger partial charge in [-0.3, -0.25) is 9.59 Å². The van der Waals surface area contributed by atoms with Gasteiger partial charge >= 0.3 is 6.03 Å². The van der Waals surface area contributed by atoms with E-state index < -0.39 is 11.6 Å². The highest BCUT2D eigenvalue weighted by Gasteiger charge is 2.12. The van der Waals surface area contributed by atoms with Crippen molar-refractivity contribution in [2.45, 2.75) is 26.9 Å². The number of ether oxygens (including phenoxy) is 1. The molecule has 0 radical (unpaired) electrons. The number of hydrogen-bond acceptors (Lipinski definition) is 4. The molecule has 0 saturated heterocycles. The second-order valence-electron chi connectivity index (χ2n) is 5.84. The average Bonchev–Trinajstić information content (AvgIpc) is 2.66. The van der Waals surface area contributed by atoms with E-state index in [0.29, 0.717) is 18.8 Å². The van der Waals surface area contributed by atoms with Crippen LogP contribution in [0, 0.1) is 6.92 Å². The van der Waals surface area contributed by atoms with Crippen LogP contribution >= 0.6 is 0 Å². The van der Waals surface area contributed by atoms with Crippen LogP contribution in [-0.4, -0.2) is 30.2 Å². The van der Waals surface area contributed by atoms with Crippen LogP contribution in [0.15, 0.2) is 41.2 Å². The van der Waals surface area contributed by atoms with Gasteiger partial charge < -0.3 is 25.3 Å². The number of nitrogens with one attached hydrogen (secondary N) is 3. The highest BCUT2D eigenvalue weighted by atomic mass is 16.5. The molecule has 1 aromatic heterocycles. The third-order valence-electron chi connectivity index (χ3n) is 3.87. The van der Waals surface area contributed by atoms with Gasteiger partial charge in [0.2, 0.25) is 5.91 Å². The van der Waals surface area contributed by atoms with Crippen LogP contribution in [0.25, 0.3) is 0 Å². The van der Waals surface area contributed by atoms with E-state index in [0.717, 1.165) is 11.3 Å². The first-order valence-electron chi connectivity index (χ1n) is 8.62. The number of carbonyl (C=O) groups is 2. The first kappa shape index (κ1) is 20.0. The van der Waals surface area contributed by atoms with Crippen LogP contribution in [0.3, 0.4) is 0 Å². The second-order valence-corrected chi connectivity index (χ2v) is 5.84. The molecule has 3 N–H and O–H groups in total. The Hall–Kier alpha value is -3.29. The number of aryl methyl sites for hydroxylation is 1. The van der Waals surface area contributed by atoms with E-state index >= 15 is 0 Å². The highest BCUT2D eigenvalue weighted by molar-refractivity contribution is 5.88. The zero-order valence-electron chi connectivity index (χ0n) is 15.7. The normalized spacial score (nSPS) is 10.2. The molecular formula is C19H24N4O4. The van der Waals surface area contributed by atoms with Crippen molar-refractivity contribution in [2.24, 2.45) is 0 Å². The van der Waals surface area contributed by atoms with Gasteiger partial charge in [-0.1, -0.05) is 12.1 Å². The number of hydrogen-bond donors (Lipinski definition) is 3. The zero-order chi connectivity index (χ0) is 19.8. The number of nitrogens with zero attached hydrogens (tertiary/aromatic N) is 1. The lowest BCUT2D eigenvalue weighted by Crippen LogP contribution is -2.35. The maximum Gasteiger partial charge on any atom is 0.319 e. The molecule has 0 saturated carbocycles. The van der Waals surface area contributed by atoms with Crippen molar-refractivity contribution in [1.82, 2.24) is 15.2 Å². The van der Waals surface area contributed by atoms with Gasteiger partial charge in [0.25, 0.3) is 5.56 Å². The quantitative estimate of drug-likeness (QED) is 0.687. The molecule has 8 heteroatoms. The summed E-state index contributed by atoms with van der Waals surface area (Å²) in [7, 11) is 1.45. The molecule has 27 heavy (non-hydrogen) atoms. The Balaban J connectivity index is 2.05. The predicted molar refractivity (Wildman–Crippen MR) is 103 cm³/mol. The molecule has 8 nitrogen and oxygen atoms in total. The van der Waals surface area contributed by atoms with E-state index in [9.17, 15) is 14.4 Å². The Morgan fingerprint density at radius 2 is 1.96 bits per heavy atom. The molecule has 0 spiro atoms. The third-order valence-corrected chi connectivity index (χ3v) is 3.87. The molecule has 3 amide bonds. The third kappa shape index (κ3) is 5.60. The van der Waals surface area contributed by atoms with Crippen molar-refractivity contribution in [3.63, 3.8) is 0 Å². The van der Waals surface area contributed by atoms with Crippen molar-refractivity contribution in [1.29, 1.82) is 0 Å². The van der Waals surface area contributed by atoms with Gasteiger partial charge in [0.1, 0.15) is 18.0 Å². The molecule has 0 fully saturated rings. The van der Waals surface area contributed by atoms with Crippen molar-refractivity contribution in [3.8, 4) is 5.75 Å². The lowest BCUT2D eigenvalue weighted by Gasteiger charge is -2.13. The Morgan fingerprint density at radius 1 is 1.19 bits per heavy atom. The minimum absolute atomic E-state index is 0.108. The molecule has 0 atom stereocenters. The first-order chi connectivity index (χ1) is 12.9. The fraction of sp³-hybridized carbons (Fsp3) is 0.316. The summed E-state index contributed by atoms with van der Waals surface area (Å²) in [6, 6.07) is 10.1. The largest absolute Gasteiger partial charge is 0.494 e. The molecule has 2 rings (SSSR count). The van der Waals surface area contributed by atoms with E-state index in [1.807, 2.05) is 31.2 Å². The second kappa shape index (κ2) is 9.42. The Morgan fingerprint density at radius 3 is 2.67 bits per heavy atom. The summed E-state index contributed by atoms with van der Waals surface area (Å²) in [5.41, 5.74) is 1.19. The van der Waals surface area contributed by atoms with Crippen LogP contribution in [0.4, 0.5) is 10.5 Å². The maximum absolute atomic E-state index is 12.5. The number of aromatic nitrogens is 1. The fourth-order valence-corrected chi connectivity index (χ4v) is 2.46. The topological polar surface area (TPSA) is 101 Å². The van der Waals surface area contributed by atoms with Crippen LogP contribution in [-0.2, 0) is 17.9 Å². The molecule has 144 valence electrons. The van der Waals surface area contributed by atoms with Crippen molar-refractivity contribution < 1.29 is 14.3 Å². The van der Waals surface area contributed by atoms with Crippen molar-refractivity contribution in [3.05, 3.63) is 58.0 Å². The Labute approximate surface area is 157 Å². The zero-order valence-corrected chi connectivity index (χ0v) is 15.7. The Kier molecular flexibility index (Phi) is 6.99. The van der Waals surface area contributed by atoms with Crippen LogP contribution in [0.1, 0.15) is 18.2 Å². The number of urea groups is 1. The minimum Gasteiger partial charge on any atom is -0.494 e. The number of anilines is 1. The van der Waals surface area contributed by atoms with E-state index in [2.05, 4.69) is 16.0 Å². The molecular weight excluding hydrogens is 348 g/mol. The molecule has 2 aromatic rings. The van der Waals surface area contributed by atoms with Gasteiger partial charge in [0.15, 0.2) is 0 Å². The summed E-state index contributed by atoms with van der Waals surface area (Å²) in [5, 5.41) is 7.62. The standard InChI is InChI=1S/C19H24N4O4/c1-4-27-15-7-5-6-14(10-15)11-21-17(24)12-23-13(2)8-9-16(18(23)25)22-19(26)20-3/h5-10H,4,11-12H2,1-3H3,(H,21,24)(H2,20,22,26). The molecule has 0 aliphatic heterocycles. The predicted octanol–water partition coefficient (Wildman–Crippen LogP) is 1.62. The molecule has 1 heterocycles. The molecule has 0 unspecified atom stereocenters. The summed E-state index contributed by atoms with van der Waals surface area (Å²) in [6.07, 6.45) is 0. The molecule has 0 aliphatic rings. The number of benzene rings is 1. The van der Waals surface area contributed by atoms with Crippen LogP contribution in [0.2, 0.25) is 0 Å². The molecule has 1 aromatic carbocycles. The highest BCUT2D eigenvalue weighted by Crippen LogP contribution is 2.13. The summed E-state index contributed by atoms with van der Waals surface area (Å²) in [6.45, 7) is 4.38. The van der Waals surface area contributed by atoms with Gasteiger partial charge in [-0.15, -0.1) is 0 Å². The molecule has 0 bridgehead atoms. The maximum atomic E-state index is 12.5. The van der Waals surface area contributed by atoms with E-state index in [4.69, 9.17) is 4.74 Å². The smallest absolute Gasteiger partial charge is 0.319 e. The summed E-state index contributed by atoms with van der Waals surface area (Å²) < 4.78 is 6.75. The van der Waals surface area contributed by atoms with Crippen LogP contribution in [0.5, 0.6) is 5.75 Å². The van der Waals surface area contributed by atoms with E-state index in [1.165, 1.54) is 17.7 Å². The van der Waals surface area contributed by atoms with Gasteiger partial charge in [-0.05, 0) is 43.7 Å². The number of pyridine rings is 1. The SMILES string of the molecule is CCOc1cccc(CNC(=O)Cn2c(C)ccc(NC(=O)NC)c2=O)c1. The van der Waals surface area contributed by atoms with Crippen molar-refractivity contribution >= 4 is 17.6 Å². The van der Waals surface area contributed by atoms with Gasteiger partial charge in [-0.2, -0.15) is 0 Å². The summed E-state index contributed by atoms with van der Waals surface area (Å²) >= 11 is 0. The number of amides is 3. The number of carbonyl (C=O) groups excluding carboxylic acids is 2. The lowest BCUT2D eigenvalue weighted by atomic mass is 10.2.